The average Bonchev–Trinajstić information content (AvgIpc) is 3.12. The van der Waals surface area contributed by atoms with Gasteiger partial charge in [-0.2, -0.15) is 0 Å². The Morgan fingerprint density at radius 1 is 1.36 bits per heavy atom. The number of hydrogen-bond donors (Lipinski definition) is 3. The Hall–Kier alpha value is -1.05. The van der Waals surface area contributed by atoms with E-state index in [1.807, 2.05) is 0 Å². The van der Waals surface area contributed by atoms with Gasteiger partial charge in [0.15, 0.2) is 17.0 Å². The lowest BCUT2D eigenvalue weighted by molar-refractivity contribution is -0.0400. The molecule has 0 radical (unpaired) electrons. The van der Waals surface area contributed by atoms with Crippen LogP contribution in [0.1, 0.15) is 32.4 Å². The number of fused-ring (bicyclic) bond motifs is 1. The zero-order chi connectivity index (χ0) is 20.5. The highest BCUT2D eigenvalue weighted by Gasteiger charge is 2.45. The molecule has 1 aliphatic rings. The van der Waals surface area contributed by atoms with Crippen LogP contribution in [0.4, 0.5) is 5.69 Å². The lowest BCUT2D eigenvalue weighted by Crippen LogP contribution is -2.32. The third kappa shape index (κ3) is 4.57. The second-order valence-corrected chi connectivity index (χ2v) is 13.4. The minimum Gasteiger partial charge on any atom is -0.397 e. The van der Waals surface area contributed by atoms with Crippen LogP contribution in [0.15, 0.2) is 17.4 Å². The van der Waals surface area contributed by atoms with Gasteiger partial charge in [-0.15, -0.1) is 13.2 Å². The normalized spacial score (nSPS) is 25.6. The van der Waals surface area contributed by atoms with Crippen LogP contribution in [-0.4, -0.2) is 74.6 Å². The number of hydrogen-bond acceptors (Lipinski definition) is 7. The molecule has 1 fully saturated rings. The van der Waals surface area contributed by atoms with Gasteiger partial charge in [0.1, 0.15) is 17.7 Å². The van der Waals surface area contributed by atoms with E-state index >= 15 is 0 Å². The number of imidazole rings is 1. The SMILES string of the molecule is C=P(C)(C)CCC1OC(n2c(SCCCC)nc3c(N)ccnc32)[C@H](O)[C@@H]1O. The first kappa shape index (κ1) is 21.7. The van der Waals surface area contributed by atoms with E-state index < -0.39 is 31.4 Å². The number of nitrogen functional groups attached to an aromatic ring is 1. The minimum absolute atomic E-state index is 0.437. The predicted molar refractivity (Wildman–Crippen MR) is 119 cm³/mol. The van der Waals surface area contributed by atoms with Crippen molar-refractivity contribution < 1.29 is 14.9 Å². The topological polar surface area (TPSA) is 106 Å². The molecule has 0 saturated carbocycles. The van der Waals surface area contributed by atoms with Crippen LogP contribution >= 0.6 is 18.6 Å². The van der Waals surface area contributed by atoms with Gasteiger partial charge in [0.2, 0.25) is 0 Å². The molecule has 3 rings (SSSR count). The molecule has 7 nitrogen and oxygen atoms in total. The summed E-state index contributed by atoms with van der Waals surface area (Å²) < 4.78 is 7.94. The van der Waals surface area contributed by atoms with Crippen LogP contribution in [-0.2, 0) is 4.74 Å². The number of ether oxygens (including phenoxy) is 1. The van der Waals surface area contributed by atoms with Crippen LogP contribution in [0.25, 0.3) is 11.2 Å². The maximum absolute atomic E-state index is 10.8. The molecule has 156 valence electrons. The zero-order valence-corrected chi connectivity index (χ0v) is 18.5. The van der Waals surface area contributed by atoms with Gasteiger partial charge in [-0.05, 0) is 38.4 Å². The third-order valence-corrected chi connectivity index (χ3v) is 7.43. The van der Waals surface area contributed by atoms with Crippen molar-refractivity contribution in [2.45, 2.75) is 55.9 Å². The lowest BCUT2D eigenvalue weighted by atomic mass is 10.1. The fraction of sp³-hybridized carbons (Fsp3) is 0.632. The van der Waals surface area contributed by atoms with Gasteiger partial charge in [0.05, 0.1) is 11.8 Å². The number of aliphatic hydroxyl groups excluding tert-OH is 2. The summed E-state index contributed by atoms with van der Waals surface area (Å²) in [6.45, 7) is 5.20. The van der Waals surface area contributed by atoms with Crippen molar-refractivity contribution in [2.75, 3.05) is 31.0 Å². The van der Waals surface area contributed by atoms with Gasteiger partial charge in [0.25, 0.3) is 0 Å². The molecule has 1 saturated heterocycles. The molecule has 0 amide bonds. The molecule has 4 N–H and O–H groups in total. The highest BCUT2D eigenvalue weighted by atomic mass is 32.2. The highest BCUT2D eigenvalue weighted by Crippen LogP contribution is 2.41. The molecule has 1 aliphatic heterocycles. The smallest absolute Gasteiger partial charge is 0.172 e. The predicted octanol–water partition coefficient (Wildman–Crippen LogP) is 2.62. The van der Waals surface area contributed by atoms with E-state index in [2.05, 4.69) is 36.5 Å². The largest absolute Gasteiger partial charge is 0.397 e. The standard InChI is InChI=1S/C19H31N4O3PS/c1-5-6-11-28-19-22-14-12(20)7-9-21-17(14)23(19)18-16(25)15(24)13(26-18)8-10-27(2,3)4/h7,9,13,15-16,18,24-25H,2,5-6,8,10-11H2,1,3-4H3,(H2,20,21)/t13?,15-,16-,18?/m1/s1. The van der Waals surface area contributed by atoms with Crippen LogP contribution in [0.5, 0.6) is 0 Å². The molecule has 9 heteroatoms. The Bertz CT molecular complexity index is 868. The Balaban J connectivity index is 1.93. The van der Waals surface area contributed by atoms with Gasteiger partial charge in [0, 0.05) is 11.9 Å². The summed E-state index contributed by atoms with van der Waals surface area (Å²) in [5.74, 6) is 0.898. The number of rotatable bonds is 8. The molecular formula is C19H31N4O3PS. The fourth-order valence-corrected chi connectivity index (χ4v) is 5.34. The fourth-order valence-electron chi connectivity index (χ4n) is 3.29. The number of unbranched alkanes of at least 4 members (excludes halogenated alkanes) is 1. The first-order valence-electron chi connectivity index (χ1n) is 9.67. The molecular weight excluding hydrogens is 395 g/mol. The van der Waals surface area contributed by atoms with Gasteiger partial charge >= 0.3 is 0 Å². The van der Waals surface area contributed by atoms with E-state index in [9.17, 15) is 10.2 Å². The third-order valence-electron chi connectivity index (χ3n) is 4.92. The molecule has 3 heterocycles. The Kier molecular flexibility index (Phi) is 6.77. The average molecular weight is 427 g/mol. The molecule has 4 atom stereocenters. The molecule has 0 bridgehead atoms. The van der Waals surface area contributed by atoms with Gasteiger partial charge in [-0.25, -0.2) is 9.97 Å². The molecule has 0 spiro atoms. The van der Waals surface area contributed by atoms with Crippen molar-refractivity contribution in [3.05, 3.63) is 12.3 Å². The van der Waals surface area contributed by atoms with Crippen molar-refractivity contribution in [3.63, 3.8) is 0 Å². The summed E-state index contributed by atoms with van der Waals surface area (Å²) in [7, 11) is 0. The number of aliphatic hydroxyl groups is 2. The quantitative estimate of drug-likeness (QED) is 0.338. The van der Waals surface area contributed by atoms with Crippen molar-refractivity contribution in [1.82, 2.24) is 14.5 Å². The second kappa shape index (κ2) is 8.76. The summed E-state index contributed by atoms with van der Waals surface area (Å²) in [6, 6.07) is 1.71. The first-order valence-corrected chi connectivity index (χ1v) is 13.7. The number of nitrogens with two attached hydrogens (primary N) is 1. The van der Waals surface area contributed by atoms with Crippen LogP contribution < -0.4 is 5.73 Å². The number of nitrogens with zero attached hydrogens (tertiary/aromatic N) is 3. The monoisotopic (exact) mass is 426 g/mol. The van der Waals surface area contributed by atoms with E-state index in [1.165, 1.54) is 0 Å². The summed E-state index contributed by atoms with van der Waals surface area (Å²) in [4.78, 5) is 9.09. The van der Waals surface area contributed by atoms with E-state index in [-0.39, 0.29) is 0 Å². The summed E-state index contributed by atoms with van der Waals surface area (Å²) in [6.07, 6.45) is 6.36. The van der Waals surface area contributed by atoms with E-state index in [1.54, 1.807) is 28.6 Å². The molecule has 2 aromatic heterocycles. The number of anilines is 1. The Labute approximate surface area is 170 Å². The summed E-state index contributed by atoms with van der Waals surface area (Å²) in [5.41, 5.74) is 7.80. The van der Waals surface area contributed by atoms with Crippen molar-refractivity contribution in [3.8, 4) is 0 Å². The van der Waals surface area contributed by atoms with Crippen molar-refractivity contribution in [2.24, 2.45) is 0 Å². The van der Waals surface area contributed by atoms with Crippen LogP contribution in [0.3, 0.4) is 0 Å². The van der Waals surface area contributed by atoms with Gasteiger partial charge in [-0.3, -0.25) is 4.57 Å². The molecule has 0 aliphatic carbocycles. The number of thioether (sulfide) groups is 1. The van der Waals surface area contributed by atoms with E-state index in [0.717, 1.165) is 24.8 Å². The lowest BCUT2D eigenvalue weighted by Gasteiger charge is -2.19. The Morgan fingerprint density at radius 2 is 2.11 bits per heavy atom. The summed E-state index contributed by atoms with van der Waals surface area (Å²) >= 11 is 1.59. The maximum Gasteiger partial charge on any atom is 0.172 e. The van der Waals surface area contributed by atoms with Crippen LogP contribution in [0.2, 0.25) is 0 Å². The number of aromatic nitrogens is 3. The molecule has 2 unspecified atom stereocenters. The molecule has 28 heavy (non-hydrogen) atoms. The van der Waals surface area contributed by atoms with Gasteiger partial charge in [-0.1, -0.05) is 25.1 Å². The van der Waals surface area contributed by atoms with E-state index in [4.69, 9.17) is 10.5 Å². The molecule has 2 aromatic rings. The minimum atomic E-state index is -1.24. The maximum atomic E-state index is 10.8. The summed E-state index contributed by atoms with van der Waals surface area (Å²) in [5, 5.41) is 22.0. The van der Waals surface area contributed by atoms with Crippen molar-refractivity contribution >= 4 is 41.8 Å². The van der Waals surface area contributed by atoms with E-state index in [0.29, 0.717) is 28.4 Å². The Morgan fingerprint density at radius 3 is 2.79 bits per heavy atom. The van der Waals surface area contributed by atoms with Crippen molar-refractivity contribution in [1.29, 1.82) is 0 Å². The second-order valence-electron chi connectivity index (χ2n) is 8.03. The zero-order valence-electron chi connectivity index (χ0n) is 16.8. The molecule has 0 aromatic carbocycles. The van der Waals surface area contributed by atoms with Crippen LogP contribution in [0, 0.1) is 0 Å². The number of pyridine rings is 1. The van der Waals surface area contributed by atoms with Gasteiger partial charge < -0.3 is 20.7 Å². The first-order chi connectivity index (χ1) is 13.2. The highest BCUT2D eigenvalue weighted by molar-refractivity contribution is 7.99.